The van der Waals surface area contributed by atoms with Gasteiger partial charge in [0.2, 0.25) is 0 Å². The van der Waals surface area contributed by atoms with Crippen molar-refractivity contribution in [1.82, 2.24) is 20.4 Å². The summed E-state index contributed by atoms with van der Waals surface area (Å²) in [6.45, 7) is 2.60. The summed E-state index contributed by atoms with van der Waals surface area (Å²) in [5.74, 6) is 1.72. The highest BCUT2D eigenvalue weighted by Gasteiger charge is 2.20. The van der Waals surface area contributed by atoms with E-state index in [0.29, 0.717) is 0 Å². The van der Waals surface area contributed by atoms with Crippen LogP contribution < -0.4 is 10.6 Å². The molecule has 1 heterocycles. The lowest BCUT2D eigenvalue weighted by molar-refractivity contribution is 0.685. The Bertz CT molecular complexity index is 620. The molecule has 0 amide bonds. The van der Waals surface area contributed by atoms with Crippen molar-refractivity contribution in [2.24, 2.45) is 10.9 Å². The van der Waals surface area contributed by atoms with Crippen LogP contribution in [0.15, 0.2) is 47.7 Å². The Balaban J connectivity index is 0.00000192. The van der Waals surface area contributed by atoms with Crippen LogP contribution in [0.2, 0.25) is 0 Å². The van der Waals surface area contributed by atoms with Crippen LogP contribution in [-0.4, -0.2) is 29.3 Å². The largest absolute Gasteiger partial charge is 0.356 e. The standard InChI is InChI=1S/C17H23N5.HI/c1-18-17(19-11-14-6-7-14)20-12-15-4-2-5-16(10-15)13-22-9-3-8-21-22;/h2-5,8-10,14H,6-7,11-13H2,1H3,(H2,18,19,20);1H. The Kier molecular flexibility index (Phi) is 6.88. The summed E-state index contributed by atoms with van der Waals surface area (Å²) >= 11 is 0. The fourth-order valence-corrected chi connectivity index (χ4v) is 2.39. The van der Waals surface area contributed by atoms with Crippen LogP contribution in [0, 0.1) is 5.92 Å². The highest BCUT2D eigenvalue weighted by atomic mass is 127. The fourth-order valence-electron chi connectivity index (χ4n) is 2.39. The predicted octanol–water partition coefficient (Wildman–Crippen LogP) is 2.62. The van der Waals surface area contributed by atoms with Crippen molar-refractivity contribution in [3.05, 3.63) is 53.9 Å². The van der Waals surface area contributed by atoms with Crippen molar-refractivity contribution in [3.8, 4) is 0 Å². The Labute approximate surface area is 154 Å². The minimum absolute atomic E-state index is 0. The Morgan fingerprint density at radius 2 is 2.09 bits per heavy atom. The van der Waals surface area contributed by atoms with Gasteiger partial charge in [-0.05, 0) is 36.0 Å². The number of nitrogens with zero attached hydrogens (tertiary/aromatic N) is 3. The minimum Gasteiger partial charge on any atom is -0.356 e. The molecule has 1 saturated carbocycles. The van der Waals surface area contributed by atoms with Gasteiger partial charge in [0.25, 0.3) is 0 Å². The van der Waals surface area contributed by atoms with Crippen LogP contribution in [0.4, 0.5) is 0 Å². The second kappa shape index (κ2) is 8.90. The van der Waals surface area contributed by atoms with E-state index in [9.17, 15) is 0 Å². The molecule has 2 aromatic rings. The average molecular weight is 425 g/mol. The normalized spacial score (nSPS) is 14.2. The molecule has 1 aliphatic carbocycles. The van der Waals surface area contributed by atoms with E-state index < -0.39 is 0 Å². The monoisotopic (exact) mass is 425 g/mol. The lowest BCUT2D eigenvalue weighted by Gasteiger charge is -2.12. The molecule has 0 aliphatic heterocycles. The molecule has 1 aliphatic rings. The number of guanidine groups is 1. The minimum atomic E-state index is 0. The number of aromatic nitrogens is 2. The number of hydrogen-bond acceptors (Lipinski definition) is 2. The molecular formula is C17H24IN5. The van der Waals surface area contributed by atoms with Crippen molar-refractivity contribution in [3.63, 3.8) is 0 Å². The van der Waals surface area contributed by atoms with Gasteiger partial charge in [0, 0.05) is 32.5 Å². The first kappa shape index (κ1) is 17.8. The maximum Gasteiger partial charge on any atom is 0.191 e. The summed E-state index contributed by atoms with van der Waals surface area (Å²) in [7, 11) is 1.82. The van der Waals surface area contributed by atoms with E-state index in [-0.39, 0.29) is 24.0 Å². The summed E-state index contributed by atoms with van der Waals surface area (Å²) in [6.07, 6.45) is 6.48. The zero-order valence-corrected chi connectivity index (χ0v) is 15.7. The number of nitrogens with one attached hydrogen (secondary N) is 2. The molecule has 3 rings (SSSR count). The lowest BCUT2D eigenvalue weighted by Crippen LogP contribution is -2.37. The zero-order chi connectivity index (χ0) is 15.2. The van der Waals surface area contributed by atoms with Crippen LogP contribution in [0.1, 0.15) is 24.0 Å². The van der Waals surface area contributed by atoms with Crippen LogP contribution in [0.5, 0.6) is 0 Å². The summed E-state index contributed by atoms with van der Waals surface area (Å²) in [4.78, 5) is 4.27. The third kappa shape index (κ3) is 5.85. The molecule has 0 saturated heterocycles. The van der Waals surface area contributed by atoms with Crippen LogP contribution in [-0.2, 0) is 13.1 Å². The van der Waals surface area contributed by atoms with Gasteiger partial charge in [0.15, 0.2) is 5.96 Å². The first-order valence-electron chi connectivity index (χ1n) is 7.83. The van der Waals surface area contributed by atoms with Gasteiger partial charge >= 0.3 is 0 Å². The number of rotatable bonds is 6. The van der Waals surface area contributed by atoms with E-state index >= 15 is 0 Å². The zero-order valence-electron chi connectivity index (χ0n) is 13.4. The van der Waals surface area contributed by atoms with Gasteiger partial charge < -0.3 is 10.6 Å². The smallest absolute Gasteiger partial charge is 0.191 e. The molecule has 1 fully saturated rings. The van der Waals surface area contributed by atoms with E-state index in [1.807, 2.05) is 24.0 Å². The molecular weight excluding hydrogens is 401 g/mol. The predicted molar refractivity (Wildman–Crippen MR) is 104 cm³/mol. The van der Waals surface area contributed by atoms with Gasteiger partial charge in [-0.2, -0.15) is 5.10 Å². The molecule has 0 spiro atoms. The van der Waals surface area contributed by atoms with Gasteiger partial charge in [-0.1, -0.05) is 24.3 Å². The quantitative estimate of drug-likeness (QED) is 0.425. The lowest BCUT2D eigenvalue weighted by atomic mass is 10.1. The van der Waals surface area contributed by atoms with E-state index in [2.05, 4.69) is 45.0 Å². The van der Waals surface area contributed by atoms with E-state index in [4.69, 9.17) is 0 Å². The Morgan fingerprint density at radius 1 is 1.26 bits per heavy atom. The van der Waals surface area contributed by atoms with Crippen molar-refractivity contribution in [2.75, 3.05) is 13.6 Å². The highest BCUT2D eigenvalue weighted by Crippen LogP contribution is 2.27. The van der Waals surface area contributed by atoms with Crippen LogP contribution >= 0.6 is 24.0 Å². The number of halogens is 1. The second-order valence-corrected chi connectivity index (χ2v) is 5.77. The van der Waals surface area contributed by atoms with Crippen molar-refractivity contribution >= 4 is 29.9 Å². The third-order valence-electron chi connectivity index (χ3n) is 3.83. The molecule has 124 valence electrons. The first-order valence-corrected chi connectivity index (χ1v) is 7.83. The van der Waals surface area contributed by atoms with Gasteiger partial charge in [-0.15, -0.1) is 24.0 Å². The molecule has 23 heavy (non-hydrogen) atoms. The molecule has 2 N–H and O–H groups in total. The fraction of sp³-hybridized carbons (Fsp3) is 0.412. The molecule has 1 aromatic carbocycles. The topological polar surface area (TPSA) is 54.2 Å². The van der Waals surface area contributed by atoms with Gasteiger partial charge in [0.1, 0.15) is 0 Å². The molecule has 0 unspecified atom stereocenters. The number of benzene rings is 1. The van der Waals surface area contributed by atoms with Crippen molar-refractivity contribution < 1.29 is 0 Å². The van der Waals surface area contributed by atoms with Crippen molar-refractivity contribution in [1.29, 1.82) is 0 Å². The number of hydrogen-bond donors (Lipinski definition) is 2. The SMILES string of the molecule is CN=C(NCc1cccc(Cn2cccn2)c1)NCC1CC1.I. The number of aliphatic imine (C=N–C) groups is 1. The van der Waals surface area contributed by atoms with E-state index in [0.717, 1.165) is 31.5 Å². The third-order valence-corrected chi connectivity index (χ3v) is 3.83. The summed E-state index contributed by atoms with van der Waals surface area (Å²) in [5.41, 5.74) is 2.50. The molecule has 0 radical (unpaired) electrons. The van der Waals surface area contributed by atoms with Gasteiger partial charge in [-0.3, -0.25) is 9.67 Å². The molecule has 6 heteroatoms. The maximum atomic E-state index is 4.27. The average Bonchev–Trinajstić information content (AvgIpc) is 3.23. The summed E-state index contributed by atoms with van der Waals surface area (Å²) in [5, 5.41) is 11.0. The first-order chi connectivity index (χ1) is 10.8. The van der Waals surface area contributed by atoms with E-state index in [1.54, 1.807) is 6.20 Å². The Morgan fingerprint density at radius 3 is 2.78 bits per heavy atom. The van der Waals surface area contributed by atoms with E-state index in [1.165, 1.54) is 24.0 Å². The summed E-state index contributed by atoms with van der Waals surface area (Å²) in [6, 6.07) is 10.5. The van der Waals surface area contributed by atoms with Gasteiger partial charge in [-0.25, -0.2) is 0 Å². The highest BCUT2D eigenvalue weighted by molar-refractivity contribution is 14.0. The summed E-state index contributed by atoms with van der Waals surface area (Å²) < 4.78 is 1.93. The molecule has 0 bridgehead atoms. The van der Waals surface area contributed by atoms with Crippen LogP contribution in [0.3, 0.4) is 0 Å². The van der Waals surface area contributed by atoms with Gasteiger partial charge in [0.05, 0.1) is 6.54 Å². The second-order valence-electron chi connectivity index (χ2n) is 5.77. The Hall–Kier alpha value is -1.57. The molecule has 1 aromatic heterocycles. The maximum absolute atomic E-state index is 4.27. The van der Waals surface area contributed by atoms with Crippen molar-refractivity contribution in [2.45, 2.75) is 25.9 Å². The molecule has 5 nitrogen and oxygen atoms in total. The van der Waals surface area contributed by atoms with Crippen LogP contribution in [0.25, 0.3) is 0 Å². The molecule has 0 atom stereocenters.